The molecule has 0 fully saturated rings. The molecule has 3 unspecified atom stereocenters. The maximum absolute atomic E-state index is 14.2. The predicted molar refractivity (Wildman–Crippen MR) is 187 cm³/mol. The minimum Gasteiger partial charge on any atom is -0.414 e. The van der Waals surface area contributed by atoms with Crippen molar-refractivity contribution < 1.29 is 13.6 Å². The number of carbonyl (C=O) groups is 1. The van der Waals surface area contributed by atoms with Crippen molar-refractivity contribution in [3.8, 4) is 0 Å². The van der Waals surface area contributed by atoms with E-state index in [1.54, 1.807) is 0 Å². The first-order valence-corrected chi connectivity index (χ1v) is 22.2. The summed E-state index contributed by atoms with van der Waals surface area (Å²) in [6.45, 7) is 38.3. The molecule has 0 saturated carbocycles. The lowest BCUT2D eigenvalue weighted by Crippen LogP contribution is -2.47. The van der Waals surface area contributed by atoms with Gasteiger partial charge in [0.25, 0.3) is 0 Å². The molecule has 0 bridgehead atoms. The fraction of sp³-hybridized carbons (Fsp3) is 0.971. The molecule has 0 aromatic carbocycles. The van der Waals surface area contributed by atoms with Crippen molar-refractivity contribution in [3.05, 3.63) is 0 Å². The van der Waals surface area contributed by atoms with E-state index in [0.29, 0.717) is 40.7 Å². The summed E-state index contributed by atoms with van der Waals surface area (Å²) in [7, 11) is -3.88. The molecule has 0 spiro atoms. The van der Waals surface area contributed by atoms with Crippen LogP contribution in [0.3, 0.4) is 0 Å². The second-order valence-electron chi connectivity index (χ2n) is 16.0. The summed E-state index contributed by atoms with van der Waals surface area (Å²) >= 11 is 0. The number of carbonyl (C=O) groups excluding carboxylic acids is 1. The molecule has 0 aliphatic carbocycles. The van der Waals surface area contributed by atoms with E-state index in [0.717, 1.165) is 44.4 Å². The van der Waals surface area contributed by atoms with Gasteiger partial charge in [0.2, 0.25) is 5.91 Å². The SMILES string of the molecule is CC(C)CC(C(=O)N(CCC[Si](CC(C)C)(OC(C)C)C(C)C)CCC[Si](CC(C)C)(OC(C)C)C(C)C)C(C)C. The van der Waals surface area contributed by atoms with Gasteiger partial charge < -0.3 is 13.8 Å². The van der Waals surface area contributed by atoms with Crippen LogP contribution in [0.25, 0.3) is 0 Å². The monoisotopic (exact) mass is 614 g/mol. The van der Waals surface area contributed by atoms with E-state index < -0.39 is 16.6 Å². The minimum atomic E-state index is -1.94. The number of nitrogens with zero attached hydrogens (tertiary/aromatic N) is 1. The lowest BCUT2D eigenvalue weighted by atomic mass is 9.86. The lowest BCUT2D eigenvalue weighted by Gasteiger charge is -2.40. The molecule has 0 aliphatic heterocycles. The number of amides is 1. The smallest absolute Gasteiger partial charge is 0.225 e. The largest absolute Gasteiger partial charge is 0.414 e. The fourth-order valence-electron chi connectivity index (χ4n) is 6.93. The van der Waals surface area contributed by atoms with Gasteiger partial charge in [0, 0.05) is 31.2 Å². The van der Waals surface area contributed by atoms with E-state index >= 15 is 0 Å². The Labute approximate surface area is 260 Å². The van der Waals surface area contributed by atoms with E-state index in [2.05, 4.69) is 116 Å². The Bertz CT molecular complexity index is 642. The van der Waals surface area contributed by atoms with Crippen molar-refractivity contribution in [1.82, 2.24) is 4.90 Å². The number of hydrogen-bond donors (Lipinski definition) is 0. The maximum atomic E-state index is 14.2. The van der Waals surface area contributed by atoms with Gasteiger partial charge in [0.1, 0.15) is 0 Å². The molecule has 3 atom stereocenters. The molecule has 4 nitrogen and oxygen atoms in total. The van der Waals surface area contributed by atoms with Gasteiger partial charge in [0.05, 0.1) is 0 Å². The minimum absolute atomic E-state index is 0.0966. The van der Waals surface area contributed by atoms with Crippen LogP contribution >= 0.6 is 0 Å². The normalized spacial score (nSPS) is 16.6. The number of hydrogen-bond acceptors (Lipinski definition) is 3. The second-order valence-corrected chi connectivity index (χ2v) is 24.8. The van der Waals surface area contributed by atoms with E-state index in [4.69, 9.17) is 8.85 Å². The van der Waals surface area contributed by atoms with Crippen LogP contribution in [0.1, 0.15) is 130 Å². The Morgan fingerprint density at radius 2 is 0.951 bits per heavy atom. The van der Waals surface area contributed by atoms with Crippen LogP contribution in [0.2, 0.25) is 35.3 Å². The molecule has 0 aromatic heterocycles. The Hall–Kier alpha value is -0.176. The summed E-state index contributed by atoms with van der Waals surface area (Å²) < 4.78 is 13.7. The summed E-state index contributed by atoms with van der Waals surface area (Å²) in [4.78, 5) is 16.5. The zero-order chi connectivity index (χ0) is 32.1. The van der Waals surface area contributed by atoms with E-state index in [1.165, 1.54) is 12.1 Å². The average Bonchev–Trinajstić information content (AvgIpc) is 2.78. The third kappa shape index (κ3) is 14.9. The maximum Gasteiger partial charge on any atom is 0.225 e. The molecule has 0 rings (SSSR count). The highest BCUT2D eigenvalue weighted by Crippen LogP contribution is 2.37. The zero-order valence-corrected chi connectivity index (χ0v) is 32.7. The standard InChI is InChI=1S/C35H75NO3Si2/c1-26(2)23-34(29(7)8)35(37)36(19-17-21-40(32(13)14,24-27(3)4)38-30(9)10)20-18-22-41(33(15)16,25-28(5)6)39-31(11)12/h26-34H,17-25H2,1-16H3. The molecular formula is C35H75NO3Si2. The van der Waals surface area contributed by atoms with Gasteiger partial charge in [-0.3, -0.25) is 4.79 Å². The van der Waals surface area contributed by atoms with Gasteiger partial charge in [0.15, 0.2) is 16.6 Å². The first-order chi connectivity index (χ1) is 18.8. The molecule has 0 saturated heterocycles. The third-order valence-corrected chi connectivity index (χ3v) is 20.3. The zero-order valence-electron chi connectivity index (χ0n) is 30.7. The van der Waals surface area contributed by atoms with Crippen LogP contribution < -0.4 is 0 Å². The molecule has 0 aliphatic rings. The summed E-state index contributed by atoms with van der Waals surface area (Å²) in [5.41, 5.74) is 1.14. The van der Waals surface area contributed by atoms with Gasteiger partial charge in [-0.1, -0.05) is 83.1 Å². The first-order valence-electron chi connectivity index (χ1n) is 17.4. The fourth-order valence-corrected chi connectivity index (χ4v) is 16.6. The van der Waals surface area contributed by atoms with Crippen molar-refractivity contribution in [2.45, 2.75) is 178 Å². The average molecular weight is 614 g/mol. The van der Waals surface area contributed by atoms with Crippen molar-refractivity contribution in [2.75, 3.05) is 13.1 Å². The van der Waals surface area contributed by atoms with Crippen molar-refractivity contribution >= 4 is 22.5 Å². The topological polar surface area (TPSA) is 38.8 Å². The van der Waals surface area contributed by atoms with Gasteiger partial charge in [-0.05, 0) is 106 Å². The Kier molecular flexibility index (Phi) is 19.2. The van der Waals surface area contributed by atoms with Crippen LogP contribution in [0.4, 0.5) is 0 Å². The van der Waals surface area contributed by atoms with E-state index in [1.807, 2.05) is 0 Å². The lowest BCUT2D eigenvalue weighted by molar-refractivity contribution is -0.137. The molecule has 41 heavy (non-hydrogen) atoms. The van der Waals surface area contributed by atoms with Gasteiger partial charge >= 0.3 is 0 Å². The predicted octanol–water partition coefficient (Wildman–Crippen LogP) is 10.8. The van der Waals surface area contributed by atoms with Crippen molar-refractivity contribution in [3.63, 3.8) is 0 Å². The summed E-state index contributed by atoms with van der Waals surface area (Å²) in [5.74, 6) is 2.62. The quantitative estimate of drug-likeness (QED) is 0.114. The van der Waals surface area contributed by atoms with Crippen LogP contribution in [-0.4, -0.2) is 52.7 Å². The first kappa shape index (κ1) is 40.8. The third-order valence-electron chi connectivity index (χ3n) is 8.77. The molecule has 1 amide bonds. The highest BCUT2D eigenvalue weighted by molar-refractivity contribution is 6.75. The molecule has 0 radical (unpaired) electrons. The van der Waals surface area contributed by atoms with E-state index in [-0.39, 0.29) is 18.1 Å². The van der Waals surface area contributed by atoms with Gasteiger partial charge in [-0.25, -0.2) is 0 Å². The summed E-state index contributed by atoms with van der Waals surface area (Å²) in [5, 5.41) is 0. The second kappa shape index (κ2) is 19.3. The molecule has 246 valence electrons. The molecule has 0 N–H and O–H groups in total. The van der Waals surface area contributed by atoms with E-state index in [9.17, 15) is 4.79 Å². The highest BCUT2D eigenvalue weighted by atomic mass is 28.4. The molecule has 0 aromatic rings. The summed E-state index contributed by atoms with van der Waals surface area (Å²) in [6.07, 6.45) is 3.57. The van der Waals surface area contributed by atoms with Gasteiger partial charge in [-0.15, -0.1) is 0 Å². The van der Waals surface area contributed by atoms with Crippen LogP contribution in [0.5, 0.6) is 0 Å². The Balaban J connectivity index is 6.07. The molecule has 0 heterocycles. The number of rotatable bonds is 22. The van der Waals surface area contributed by atoms with Crippen molar-refractivity contribution in [1.29, 1.82) is 0 Å². The Morgan fingerprint density at radius 3 is 1.20 bits per heavy atom. The van der Waals surface area contributed by atoms with Crippen molar-refractivity contribution in [2.24, 2.45) is 29.6 Å². The Morgan fingerprint density at radius 1 is 0.585 bits per heavy atom. The molecule has 6 heteroatoms. The van der Waals surface area contributed by atoms with Crippen LogP contribution in [0, 0.1) is 29.6 Å². The summed E-state index contributed by atoms with van der Waals surface area (Å²) in [6, 6.07) is 4.66. The van der Waals surface area contributed by atoms with Crippen LogP contribution in [-0.2, 0) is 13.6 Å². The van der Waals surface area contributed by atoms with Gasteiger partial charge in [-0.2, -0.15) is 0 Å². The highest BCUT2D eigenvalue weighted by Gasteiger charge is 2.41. The van der Waals surface area contributed by atoms with Crippen LogP contribution in [0.15, 0.2) is 0 Å². The molecular weight excluding hydrogens is 539 g/mol.